The lowest BCUT2D eigenvalue weighted by Gasteiger charge is -2.21. The second-order valence-corrected chi connectivity index (χ2v) is 9.52. The quantitative estimate of drug-likeness (QED) is 0.270. The van der Waals surface area contributed by atoms with Gasteiger partial charge in [-0.05, 0) is 79.1 Å². The van der Waals surface area contributed by atoms with Gasteiger partial charge in [0.15, 0.2) is 0 Å². The van der Waals surface area contributed by atoms with Gasteiger partial charge in [0, 0.05) is 36.6 Å². The Kier molecular flexibility index (Phi) is 10.1. The lowest BCUT2D eigenvalue weighted by Crippen LogP contribution is -2.46. The van der Waals surface area contributed by atoms with Crippen molar-refractivity contribution in [2.24, 2.45) is 0 Å². The Bertz CT molecular complexity index is 1220. The fourth-order valence-electron chi connectivity index (χ4n) is 4.64. The predicted molar refractivity (Wildman–Crippen MR) is 157 cm³/mol. The van der Waals surface area contributed by atoms with Gasteiger partial charge in [-0.15, -0.1) is 0 Å². The van der Waals surface area contributed by atoms with E-state index in [1.165, 1.54) is 5.57 Å². The first-order chi connectivity index (χ1) is 18.7. The van der Waals surface area contributed by atoms with Crippen molar-refractivity contribution >= 4 is 28.8 Å². The maximum Gasteiger partial charge on any atom is 0.256 e. The van der Waals surface area contributed by atoms with Gasteiger partial charge < -0.3 is 21.3 Å². The smallest absolute Gasteiger partial charge is 0.256 e. The standard InChI is InChI=1S/C32H38N4O2/c1-2-21-35-32(38)30(25-13-7-4-8-14-25)34-23-22-33-26-17-19-27(20-18-26)36-31(37)29-16-10-9-15-28(29)24-11-5-3-6-12-24/h3,5,7,9-11,13-20,30,33-34H,2,4,6,8,12,21-23H2,1H3,(H,35,38)(H,36,37). The number of nitrogens with one attached hydrogen (secondary N) is 4. The Morgan fingerprint density at radius 3 is 2.45 bits per heavy atom. The first kappa shape index (κ1) is 27.1. The minimum Gasteiger partial charge on any atom is -0.384 e. The van der Waals surface area contributed by atoms with E-state index in [-0.39, 0.29) is 17.9 Å². The van der Waals surface area contributed by atoms with Crippen molar-refractivity contribution in [2.45, 2.75) is 45.1 Å². The summed E-state index contributed by atoms with van der Waals surface area (Å²) in [5, 5.41) is 12.8. The maximum absolute atomic E-state index is 13.1. The molecule has 6 nitrogen and oxygen atoms in total. The lowest BCUT2D eigenvalue weighted by atomic mass is 9.93. The third-order valence-corrected chi connectivity index (χ3v) is 6.65. The number of amides is 2. The van der Waals surface area contributed by atoms with Crippen molar-refractivity contribution in [3.05, 3.63) is 102 Å². The summed E-state index contributed by atoms with van der Waals surface area (Å²) < 4.78 is 0. The van der Waals surface area contributed by atoms with Crippen LogP contribution < -0.4 is 21.3 Å². The van der Waals surface area contributed by atoms with E-state index < -0.39 is 0 Å². The molecule has 0 spiro atoms. The number of hydrogen-bond acceptors (Lipinski definition) is 4. The van der Waals surface area contributed by atoms with Gasteiger partial charge in [0.05, 0.1) is 0 Å². The molecular formula is C32H38N4O2. The molecule has 1 atom stereocenters. The molecule has 1 unspecified atom stereocenters. The fourth-order valence-corrected chi connectivity index (χ4v) is 4.64. The molecule has 2 aromatic carbocycles. The van der Waals surface area contributed by atoms with E-state index in [2.05, 4.69) is 64.6 Å². The SMILES string of the molecule is CCCNC(=O)C(NCCNc1ccc(NC(=O)c2ccccc2C2=CC=CCC2)cc1)C1=CCCC=C1. The first-order valence-corrected chi connectivity index (χ1v) is 13.6. The Morgan fingerprint density at radius 2 is 1.71 bits per heavy atom. The van der Waals surface area contributed by atoms with E-state index >= 15 is 0 Å². The van der Waals surface area contributed by atoms with Crippen molar-refractivity contribution in [3.63, 3.8) is 0 Å². The van der Waals surface area contributed by atoms with E-state index in [1.807, 2.05) is 48.5 Å². The van der Waals surface area contributed by atoms with E-state index in [0.29, 0.717) is 25.2 Å². The van der Waals surface area contributed by atoms with Crippen molar-refractivity contribution in [2.75, 3.05) is 30.3 Å². The van der Waals surface area contributed by atoms with Crippen LogP contribution in [0.1, 0.15) is 54.9 Å². The Labute approximate surface area is 226 Å². The zero-order chi connectivity index (χ0) is 26.6. The highest BCUT2D eigenvalue weighted by atomic mass is 16.2. The summed E-state index contributed by atoms with van der Waals surface area (Å²) in [5.41, 5.74) is 5.59. The molecule has 4 N–H and O–H groups in total. The van der Waals surface area contributed by atoms with Gasteiger partial charge in [-0.3, -0.25) is 9.59 Å². The Hall–Kier alpha value is -3.90. The molecule has 0 aliphatic heterocycles. The average Bonchev–Trinajstić information content (AvgIpc) is 2.97. The predicted octanol–water partition coefficient (Wildman–Crippen LogP) is 5.85. The van der Waals surface area contributed by atoms with E-state index in [0.717, 1.165) is 54.6 Å². The summed E-state index contributed by atoms with van der Waals surface area (Å²) >= 11 is 0. The molecule has 2 aliphatic carbocycles. The first-order valence-electron chi connectivity index (χ1n) is 13.6. The fraction of sp³-hybridized carbons (Fsp3) is 0.312. The van der Waals surface area contributed by atoms with Crippen molar-refractivity contribution in [1.82, 2.24) is 10.6 Å². The summed E-state index contributed by atoms with van der Waals surface area (Å²) in [5.74, 6) is -0.0954. The number of carbonyl (C=O) groups excluding carboxylic acids is 2. The molecule has 2 aromatic rings. The van der Waals surface area contributed by atoms with Crippen LogP contribution in [0.25, 0.3) is 5.57 Å². The molecule has 2 amide bonds. The van der Waals surface area contributed by atoms with Gasteiger partial charge in [0.25, 0.3) is 5.91 Å². The number of allylic oxidation sites excluding steroid dienone is 6. The molecular weight excluding hydrogens is 472 g/mol. The van der Waals surface area contributed by atoms with E-state index in [9.17, 15) is 9.59 Å². The van der Waals surface area contributed by atoms with Crippen LogP contribution in [0.2, 0.25) is 0 Å². The zero-order valence-electron chi connectivity index (χ0n) is 22.1. The number of benzene rings is 2. The maximum atomic E-state index is 13.1. The van der Waals surface area contributed by atoms with Gasteiger partial charge >= 0.3 is 0 Å². The molecule has 0 saturated heterocycles. The molecule has 6 heteroatoms. The van der Waals surface area contributed by atoms with Gasteiger partial charge in [-0.2, -0.15) is 0 Å². The van der Waals surface area contributed by atoms with Crippen molar-refractivity contribution < 1.29 is 9.59 Å². The second-order valence-electron chi connectivity index (χ2n) is 9.52. The minimum absolute atomic E-state index is 0.0163. The minimum atomic E-state index is -0.347. The van der Waals surface area contributed by atoms with Gasteiger partial charge in [0.2, 0.25) is 5.91 Å². The molecule has 0 bridgehead atoms. The third kappa shape index (κ3) is 7.56. The molecule has 4 rings (SSSR count). The van der Waals surface area contributed by atoms with Crippen LogP contribution in [0.4, 0.5) is 11.4 Å². The molecule has 38 heavy (non-hydrogen) atoms. The molecule has 198 valence electrons. The monoisotopic (exact) mass is 510 g/mol. The molecule has 0 heterocycles. The number of anilines is 2. The molecule has 2 aliphatic rings. The molecule has 0 fully saturated rings. The summed E-state index contributed by atoms with van der Waals surface area (Å²) in [7, 11) is 0. The van der Waals surface area contributed by atoms with Gasteiger partial charge in [-0.25, -0.2) is 0 Å². The van der Waals surface area contributed by atoms with Gasteiger partial charge in [-0.1, -0.05) is 61.6 Å². The number of hydrogen-bond donors (Lipinski definition) is 4. The zero-order valence-corrected chi connectivity index (χ0v) is 22.1. The van der Waals surface area contributed by atoms with Crippen molar-refractivity contribution in [1.29, 1.82) is 0 Å². The Morgan fingerprint density at radius 1 is 0.895 bits per heavy atom. The normalized spacial score (nSPS) is 15.3. The van der Waals surface area contributed by atoms with E-state index in [1.54, 1.807) is 0 Å². The van der Waals surface area contributed by atoms with Crippen LogP contribution in [0.5, 0.6) is 0 Å². The second kappa shape index (κ2) is 14.1. The van der Waals surface area contributed by atoms with Crippen LogP contribution in [-0.4, -0.2) is 37.5 Å². The summed E-state index contributed by atoms with van der Waals surface area (Å²) in [4.78, 5) is 25.8. The van der Waals surface area contributed by atoms with Crippen LogP contribution in [0.3, 0.4) is 0 Å². The molecule has 0 aromatic heterocycles. The molecule has 0 radical (unpaired) electrons. The number of rotatable bonds is 12. The largest absolute Gasteiger partial charge is 0.384 e. The van der Waals surface area contributed by atoms with Gasteiger partial charge in [0.1, 0.15) is 6.04 Å². The van der Waals surface area contributed by atoms with Crippen molar-refractivity contribution in [3.8, 4) is 0 Å². The van der Waals surface area contributed by atoms with Crippen LogP contribution in [-0.2, 0) is 4.79 Å². The summed E-state index contributed by atoms with van der Waals surface area (Å²) in [6.07, 6.45) is 17.4. The average molecular weight is 511 g/mol. The van der Waals surface area contributed by atoms with E-state index in [4.69, 9.17) is 0 Å². The van der Waals surface area contributed by atoms with Crippen LogP contribution in [0.15, 0.2) is 90.6 Å². The lowest BCUT2D eigenvalue weighted by molar-refractivity contribution is -0.122. The number of carbonyl (C=O) groups is 2. The Balaban J connectivity index is 1.29. The highest BCUT2D eigenvalue weighted by Gasteiger charge is 2.21. The highest BCUT2D eigenvalue weighted by molar-refractivity contribution is 6.07. The van der Waals surface area contributed by atoms with Crippen LogP contribution in [0, 0.1) is 0 Å². The summed E-state index contributed by atoms with van der Waals surface area (Å²) in [6.45, 7) is 4.03. The third-order valence-electron chi connectivity index (χ3n) is 6.65. The highest BCUT2D eigenvalue weighted by Crippen LogP contribution is 2.27. The molecule has 0 saturated carbocycles. The topological polar surface area (TPSA) is 82.3 Å². The summed E-state index contributed by atoms with van der Waals surface area (Å²) in [6, 6.07) is 15.1. The van der Waals surface area contributed by atoms with Crippen LogP contribution >= 0.6 is 0 Å².